The van der Waals surface area contributed by atoms with Gasteiger partial charge in [-0.05, 0) is 43.9 Å². The van der Waals surface area contributed by atoms with E-state index in [1.54, 1.807) is 0 Å². The van der Waals surface area contributed by atoms with E-state index in [-0.39, 0.29) is 5.54 Å². The number of nitrogens with zero attached hydrogens (tertiary/aromatic N) is 3. The molecule has 0 saturated heterocycles. The second-order valence-corrected chi connectivity index (χ2v) is 4.89. The Hall–Kier alpha value is -0.970. The predicted octanol–water partition coefficient (Wildman–Crippen LogP) is 0.708. The van der Waals surface area contributed by atoms with Crippen LogP contribution in [0, 0.1) is 5.41 Å². The summed E-state index contributed by atoms with van der Waals surface area (Å²) in [6, 6.07) is 0. The van der Waals surface area contributed by atoms with Crippen molar-refractivity contribution in [3.63, 3.8) is 0 Å². The molecule has 0 aromatic carbocycles. The number of tetrazole rings is 1. The lowest BCUT2D eigenvalue weighted by molar-refractivity contribution is 0.211. The Bertz CT molecular complexity index is 317. The van der Waals surface area contributed by atoms with Crippen LogP contribution in [0.4, 0.5) is 0 Å². The number of aromatic nitrogens is 4. The summed E-state index contributed by atoms with van der Waals surface area (Å²) in [5, 5.41) is 14.1. The van der Waals surface area contributed by atoms with E-state index in [0.29, 0.717) is 11.2 Å². The topological polar surface area (TPSA) is 80.5 Å². The lowest BCUT2D eigenvalue weighted by Crippen LogP contribution is -2.42. The van der Waals surface area contributed by atoms with Gasteiger partial charge in [-0.2, -0.15) is 5.21 Å². The second-order valence-electron chi connectivity index (χ2n) is 4.89. The van der Waals surface area contributed by atoms with E-state index < -0.39 is 0 Å². The molecule has 5 heteroatoms. The van der Waals surface area contributed by atoms with Gasteiger partial charge in [-0.3, -0.25) is 0 Å². The van der Waals surface area contributed by atoms with E-state index in [2.05, 4.69) is 20.6 Å². The summed E-state index contributed by atoms with van der Waals surface area (Å²) >= 11 is 0. The Morgan fingerprint density at radius 1 is 1.07 bits per heavy atom. The van der Waals surface area contributed by atoms with Crippen LogP contribution >= 0.6 is 0 Å². The fraction of sp³-hybridized carbons (Fsp3) is 0.889. The molecule has 0 radical (unpaired) electrons. The standard InChI is InChI=1S/C9H15N5/c10-9(7-11-13-14-12-7)5-3-8(1-2-8)4-6-9/h1-6,10H2,(H,11,12,13,14). The monoisotopic (exact) mass is 193 g/mol. The first-order chi connectivity index (χ1) is 6.73. The lowest BCUT2D eigenvalue weighted by Gasteiger charge is -2.34. The van der Waals surface area contributed by atoms with E-state index in [4.69, 9.17) is 5.73 Å². The molecule has 2 aliphatic carbocycles. The number of H-pyrrole nitrogens is 1. The highest BCUT2D eigenvalue weighted by Crippen LogP contribution is 2.58. The van der Waals surface area contributed by atoms with Crippen LogP contribution in [-0.4, -0.2) is 20.6 Å². The molecular weight excluding hydrogens is 178 g/mol. The summed E-state index contributed by atoms with van der Waals surface area (Å²) in [5.41, 5.74) is 6.63. The minimum atomic E-state index is -0.319. The van der Waals surface area contributed by atoms with Gasteiger partial charge in [-0.15, -0.1) is 10.2 Å². The molecule has 76 valence electrons. The predicted molar refractivity (Wildman–Crippen MR) is 50.2 cm³/mol. The zero-order chi connectivity index (χ0) is 9.65. The molecule has 1 aromatic heterocycles. The van der Waals surface area contributed by atoms with E-state index in [9.17, 15) is 0 Å². The van der Waals surface area contributed by atoms with E-state index in [0.717, 1.165) is 12.8 Å². The maximum atomic E-state index is 6.29. The molecule has 5 nitrogen and oxygen atoms in total. The van der Waals surface area contributed by atoms with Gasteiger partial charge in [0.15, 0.2) is 5.82 Å². The van der Waals surface area contributed by atoms with Crippen molar-refractivity contribution in [2.45, 2.75) is 44.1 Å². The van der Waals surface area contributed by atoms with Crippen LogP contribution in [0.15, 0.2) is 0 Å². The van der Waals surface area contributed by atoms with Crippen molar-refractivity contribution in [3.05, 3.63) is 5.82 Å². The maximum Gasteiger partial charge on any atom is 0.194 e. The van der Waals surface area contributed by atoms with Gasteiger partial charge < -0.3 is 5.73 Å². The molecule has 0 aliphatic heterocycles. The van der Waals surface area contributed by atoms with Crippen molar-refractivity contribution >= 4 is 0 Å². The zero-order valence-electron chi connectivity index (χ0n) is 8.16. The molecule has 1 aromatic rings. The Morgan fingerprint density at radius 3 is 2.21 bits per heavy atom. The fourth-order valence-electron chi connectivity index (χ4n) is 2.50. The molecule has 0 bridgehead atoms. The van der Waals surface area contributed by atoms with Crippen LogP contribution in [0.1, 0.15) is 44.3 Å². The third kappa shape index (κ3) is 1.15. The van der Waals surface area contributed by atoms with Crippen LogP contribution < -0.4 is 5.73 Å². The SMILES string of the molecule is NC1(c2nn[nH]n2)CCC2(CC2)CC1. The van der Waals surface area contributed by atoms with Gasteiger partial charge in [0, 0.05) is 0 Å². The molecule has 1 spiro atoms. The number of nitrogens with two attached hydrogens (primary N) is 1. The summed E-state index contributed by atoms with van der Waals surface area (Å²) < 4.78 is 0. The molecule has 2 aliphatic rings. The van der Waals surface area contributed by atoms with Gasteiger partial charge >= 0.3 is 0 Å². The van der Waals surface area contributed by atoms with Gasteiger partial charge in [0.1, 0.15) is 0 Å². The highest BCUT2D eigenvalue weighted by Gasteiger charge is 2.49. The average Bonchev–Trinajstić information content (AvgIpc) is 2.75. The molecule has 0 unspecified atom stereocenters. The van der Waals surface area contributed by atoms with Crippen molar-refractivity contribution in [1.29, 1.82) is 0 Å². The Kier molecular flexibility index (Phi) is 1.51. The van der Waals surface area contributed by atoms with Crippen LogP contribution in [0.5, 0.6) is 0 Å². The smallest absolute Gasteiger partial charge is 0.194 e. The number of hydrogen-bond acceptors (Lipinski definition) is 4. The Balaban J connectivity index is 1.79. The van der Waals surface area contributed by atoms with Crippen molar-refractivity contribution < 1.29 is 0 Å². The summed E-state index contributed by atoms with van der Waals surface area (Å²) in [7, 11) is 0. The molecule has 0 atom stereocenters. The normalized spacial score (nSPS) is 27.8. The van der Waals surface area contributed by atoms with Gasteiger partial charge in [-0.1, -0.05) is 5.21 Å². The first kappa shape index (κ1) is 8.35. The Morgan fingerprint density at radius 2 is 1.71 bits per heavy atom. The van der Waals surface area contributed by atoms with Gasteiger partial charge in [0.2, 0.25) is 0 Å². The van der Waals surface area contributed by atoms with Gasteiger partial charge in [-0.25, -0.2) is 0 Å². The van der Waals surface area contributed by atoms with Gasteiger partial charge in [0.25, 0.3) is 0 Å². The second kappa shape index (κ2) is 2.53. The highest BCUT2D eigenvalue weighted by molar-refractivity contribution is 5.09. The lowest BCUT2D eigenvalue weighted by atomic mass is 9.75. The third-order valence-corrected chi connectivity index (χ3v) is 3.95. The molecule has 1 heterocycles. The van der Waals surface area contributed by atoms with Crippen molar-refractivity contribution in [3.8, 4) is 0 Å². The van der Waals surface area contributed by atoms with E-state index in [1.165, 1.54) is 25.7 Å². The number of rotatable bonds is 1. The van der Waals surface area contributed by atoms with Crippen LogP contribution in [0.25, 0.3) is 0 Å². The Labute approximate surface area is 82.5 Å². The van der Waals surface area contributed by atoms with Crippen molar-refractivity contribution in [1.82, 2.24) is 20.6 Å². The minimum Gasteiger partial charge on any atom is -0.319 e. The van der Waals surface area contributed by atoms with Crippen molar-refractivity contribution in [2.75, 3.05) is 0 Å². The van der Waals surface area contributed by atoms with Gasteiger partial charge in [0.05, 0.1) is 5.54 Å². The zero-order valence-corrected chi connectivity index (χ0v) is 8.16. The van der Waals surface area contributed by atoms with Crippen LogP contribution in [0.2, 0.25) is 0 Å². The molecular formula is C9H15N5. The number of nitrogens with one attached hydrogen (secondary N) is 1. The highest BCUT2D eigenvalue weighted by atomic mass is 15.5. The number of hydrogen-bond donors (Lipinski definition) is 2. The largest absolute Gasteiger partial charge is 0.319 e. The van der Waals surface area contributed by atoms with E-state index in [1.807, 2.05) is 0 Å². The third-order valence-electron chi connectivity index (χ3n) is 3.95. The number of aromatic amines is 1. The molecule has 14 heavy (non-hydrogen) atoms. The molecule has 2 saturated carbocycles. The summed E-state index contributed by atoms with van der Waals surface area (Å²) in [6.45, 7) is 0. The quantitative estimate of drug-likeness (QED) is 0.688. The maximum absolute atomic E-state index is 6.29. The first-order valence-electron chi connectivity index (χ1n) is 5.25. The van der Waals surface area contributed by atoms with Crippen LogP contribution in [0.3, 0.4) is 0 Å². The summed E-state index contributed by atoms with van der Waals surface area (Å²) in [5.74, 6) is 0.688. The van der Waals surface area contributed by atoms with E-state index >= 15 is 0 Å². The average molecular weight is 193 g/mol. The molecule has 0 amide bonds. The molecule has 2 fully saturated rings. The fourth-order valence-corrected chi connectivity index (χ4v) is 2.50. The minimum absolute atomic E-state index is 0.319. The first-order valence-corrected chi connectivity index (χ1v) is 5.25. The molecule has 3 rings (SSSR count). The van der Waals surface area contributed by atoms with Crippen LogP contribution in [-0.2, 0) is 5.54 Å². The summed E-state index contributed by atoms with van der Waals surface area (Å²) in [4.78, 5) is 0. The molecule has 3 N–H and O–H groups in total. The van der Waals surface area contributed by atoms with Crippen molar-refractivity contribution in [2.24, 2.45) is 11.1 Å². The summed E-state index contributed by atoms with van der Waals surface area (Å²) in [6.07, 6.45) is 7.28.